The Kier molecular flexibility index (Phi) is 3.59. The Labute approximate surface area is 159 Å². The molecule has 6 heteroatoms. The van der Waals surface area contributed by atoms with Crippen LogP contribution >= 0.6 is 23.2 Å². The van der Waals surface area contributed by atoms with Gasteiger partial charge in [-0.15, -0.1) is 0 Å². The first-order valence-corrected chi connectivity index (χ1v) is 9.33. The van der Waals surface area contributed by atoms with Gasteiger partial charge in [0.25, 0.3) is 0 Å². The topological polar surface area (TPSA) is 39.8 Å². The van der Waals surface area contributed by atoms with Crippen molar-refractivity contribution in [2.45, 2.75) is 19.4 Å². The van der Waals surface area contributed by atoms with E-state index in [9.17, 15) is 4.79 Å². The summed E-state index contributed by atoms with van der Waals surface area (Å²) in [6, 6.07) is 12.9. The zero-order valence-corrected chi connectivity index (χ0v) is 15.3. The lowest BCUT2D eigenvalue weighted by Crippen LogP contribution is -2.24. The molecule has 0 amide bonds. The maximum absolute atomic E-state index is 13.3. The molecule has 4 nitrogen and oxygen atoms in total. The molecule has 2 aromatic carbocycles. The quantitative estimate of drug-likeness (QED) is 0.496. The first-order chi connectivity index (χ1) is 12.6. The van der Waals surface area contributed by atoms with Gasteiger partial charge in [0.2, 0.25) is 0 Å². The van der Waals surface area contributed by atoms with Gasteiger partial charge in [-0.25, -0.2) is 4.79 Å². The lowest BCUT2D eigenvalue weighted by atomic mass is 10.2. The van der Waals surface area contributed by atoms with Gasteiger partial charge in [-0.1, -0.05) is 35.3 Å². The molecule has 4 aromatic rings. The molecule has 1 saturated carbocycles. The molecule has 26 heavy (non-hydrogen) atoms. The number of benzene rings is 2. The van der Waals surface area contributed by atoms with Crippen LogP contribution in [0.4, 0.5) is 0 Å². The summed E-state index contributed by atoms with van der Waals surface area (Å²) in [7, 11) is 0. The number of nitrogens with zero attached hydrogens (tertiary/aromatic N) is 3. The average Bonchev–Trinajstić information content (AvgIpc) is 3.41. The van der Waals surface area contributed by atoms with E-state index in [-0.39, 0.29) is 5.69 Å². The van der Waals surface area contributed by atoms with E-state index in [0.717, 1.165) is 34.8 Å². The fourth-order valence-corrected chi connectivity index (χ4v) is 3.88. The first-order valence-electron chi connectivity index (χ1n) is 8.58. The molecule has 0 bridgehead atoms. The second kappa shape index (κ2) is 5.86. The van der Waals surface area contributed by atoms with E-state index in [2.05, 4.69) is 4.98 Å². The predicted octanol–water partition coefficient (Wildman–Crippen LogP) is 5.06. The minimum Gasteiger partial charge on any atom is -0.290 e. The van der Waals surface area contributed by atoms with Crippen LogP contribution in [0.3, 0.4) is 0 Å². The van der Waals surface area contributed by atoms with Crippen LogP contribution in [0.25, 0.3) is 27.6 Å². The van der Waals surface area contributed by atoms with Crippen LogP contribution in [-0.2, 0) is 6.54 Å². The van der Waals surface area contributed by atoms with Gasteiger partial charge in [-0.3, -0.25) is 14.1 Å². The first kappa shape index (κ1) is 15.9. The van der Waals surface area contributed by atoms with Gasteiger partial charge in [0.05, 0.1) is 33.5 Å². The number of aromatic nitrogens is 3. The van der Waals surface area contributed by atoms with E-state index in [1.165, 1.54) is 0 Å². The van der Waals surface area contributed by atoms with E-state index >= 15 is 0 Å². The molecule has 0 saturated heterocycles. The van der Waals surface area contributed by atoms with Crippen molar-refractivity contribution < 1.29 is 0 Å². The highest BCUT2D eigenvalue weighted by Crippen LogP contribution is 2.34. The molecule has 0 unspecified atom stereocenters. The van der Waals surface area contributed by atoms with Crippen molar-refractivity contribution in [2.75, 3.05) is 0 Å². The molecule has 1 fully saturated rings. The standard InChI is InChI=1S/C20H15Cl2N3O/c21-13-7-8-16-14(9-13)19-18(10-23-16)24(11-12-5-6-12)20(26)25(19)17-4-2-1-3-15(17)22/h1-4,7-10,12H,5-6,11H2. The molecule has 1 aliphatic rings. The average molecular weight is 384 g/mol. The monoisotopic (exact) mass is 383 g/mol. The molecule has 0 N–H and O–H groups in total. The van der Waals surface area contributed by atoms with E-state index in [0.29, 0.717) is 28.2 Å². The Bertz CT molecular complexity index is 1220. The summed E-state index contributed by atoms with van der Waals surface area (Å²) in [5, 5.41) is 1.99. The van der Waals surface area contributed by atoms with Gasteiger partial charge in [-0.05, 0) is 49.1 Å². The van der Waals surface area contributed by atoms with Crippen LogP contribution in [-0.4, -0.2) is 14.1 Å². The number of hydrogen-bond donors (Lipinski definition) is 0. The zero-order valence-electron chi connectivity index (χ0n) is 13.8. The molecule has 1 aliphatic carbocycles. The summed E-state index contributed by atoms with van der Waals surface area (Å²) >= 11 is 12.7. The van der Waals surface area contributed by atoms with Gasteiger partial charge >= 0.3 is 5.69 Å². The van der Waals surface area contributed by atoms with Crippen LogP contribution < -0.4 is 5.69 Å². The van der Waals surface area contributed by atoms with Gasteiger partial charge in [-0.2, -0.15) is 0 Å². The van der Waals surface area contributed by atoms with Gasteiger partial charge in [0, 0.05) is 17.0 Å². The summed E-state index contributed by atoms with van der Waals surface area (Å²) in [4.78, 5) is 17.9. The van der Waals surface area contributed by atoms with Gasteiger partial charge in [0.1, 0.15) is 0 Å². The highest BCUT2D eigenvalue weighted by atomic mass is 35.5. The second-order valence-corrected chi connectivity index (χ2v) is 7.62. The van der Waals surface area contributed by atoms with Crippen molar-refractivity contribution in [3.63, 3.8) is 0 Å². The second-order valence-electron chi connectivity index (χ2n) is 6.78. The highest BCUT2D eigenvalue weighted by Gasteiger charge is 2.26. The van der Waals surface area contributed by atoms with Crippen LogP contribution in [0.2, 0.25) is 10.0 Å². The van der Waals surface area contributed by atoms with Gasteiger partial charge in [0.15, 0.2) is 0 Å². The maximum Gasteiger partial charge on any atom is 0.333 e. The number of rotatable bonds is 3. The van der Waals surface area contributed by atoms with Crippen molar-refractivity contribution in [1.29, 1.82) is 0 Å². The number of pyridine rings is 1. The fraction of sp³-hybridized carbons (Fsp3) is 0.200. The predicted molar refractivity (Wildman–Crippen MR) is 106 cm³/mol. The van der Waals surface area contributed by atoms with Crippen molar-refractivity contribution in [3.05, 3.63) is 69.2 Å². The summed E-state index contributed by atoms with van der Waals surface area (Å²) in [5.74, 6) is 0.563. The molecular weight excluding hydrogens is 369 g/mol. The normalized spacial score (nSPS) is 14.4. The third kappa shape index (κ3) is 2.44. The van der Waals surface area contributed by atoms with Crippen LogP contribution in [0.15, 0.2) is 53.5 Å². The Morgan fingerprint density at radius 2 is 1.92 bits per heavy atom. The molecule has 0 radical (unpaired) electrons. The van der Waals surface area contributed by atoms with Crippen molar-refractivity contribution in [3.8, 4) is 5.69 Å². The lowest BCUT2D eigenvalue weighted by Gasteiger charge is -2.07. The molecule has 130 valence electrons. The van der Waals surface area contributed by atoms with E-state index in [1.54, 1.807) is 16.8 Å². The molecule has 2 aromatic heterocycles. The SMILES string of the molecule is O=c1n(CC2CC2)c2cnc3ccc(Cl)cc3c2n1-c1ccccc1Cl. The van der Waals surface area contributed by atoms with E-state index in [4.69, 9.17) is 23.2 Å². The molecular formula is C20H15Cl2N3O. The van der Waals surface area contributed by atoms with Crippen molar-refractivity contribution in [1.82, 2.24) is 14.1 Å². The van der Waals surface area contributed by atoms with Crippen LogP contribution in [0, 0.1) is 5.92 Å². The molecule has 2 heterocycles. The maximum atomic E-state index is 13.3. The summed E-state index contributed by atoms with van der Waals surface area (Å²) in [6.07, 6.45) is 4.11. The van der Waals surface area contributed by atoms with Crippen LogP contribution in [0.5, 0.6) is 0 Å². The Balaban J connectivity index is 1.95. The van der Waals surface area contributed by atoms with E-state index < -0.39 is 0 Å². The number of imidazole rings is 1. The number of hydrogen-bond acceptors (Lipinski definition) is 2. The number of fused-ring (bicyclic) bond motifs is 3. The molecule has 0 spiro atoms. The van der Waals surface area contributed by atoms with Crippen LogP contribution in [0.1, 0.15) is 12.8 Å². The minimum atomic E-state index is -0.0886. The summed E-state index contributed by atoms with van der Waals surface area (Å²) < 4.78 is 3.52. The summed E-state index contributed by atoms with van der Waals surface area (Å²) in [5.41, 5.74) is 3.00. The van der Waals surface area contributed by atoms with Crippen molar-refractivity contribution in [2.24, 2.45) is 5.92 Å². The fourth-order valence-electron chi connectivity index (χ4n) is 3.48. The smallest absolute Gasteiger partial charge is 0.290 e. The minimum absolute atomic E-state index is 0.0886. The largest absolute Gasteiger partial charge is 0.333 e. The Hall–Kier alpha value is -2.30. The molecule has 5 rings (SSSR count). The van der Waals surface area contributed by atoms with E-state index in [1.807, 2.05) is 41.0 Å². The van der Waals surface area contributed by atoms with Gasteiger partial charge < -0.3 is 0 Å². The molecule has 0 atom stereocenters. The third-order valence-corrected chi connectivity index (χ3v) is 5.50. The van der Waals surface area contributed by atoms with Crippen molar-refractivity contribution >= 4 is 45.1 Å². The number of halogens is 2. The zero-order chi connectivity index (χ0) is 17.8. The highest BCUT2D eigenvalue weighted by molar-refractivity contribution is 6.32. The lowest BCUT2D eigenvalue weighted by molar-refractivity contribution is 0.616. The number of para-hydroxylation sites is 1. The Morgan fingerprint density at radius 3 is 2.69 bits per heavy atom. The third-order valence-electron chi connectivity index (χ3n) is 4.95. The molecule has 0 aliphatic heterocycles. The summed E-state index contributed by atoms with van der Waals surface area (Å²) in [6.45, 7) is 0.709. The Morgan fingerprint density at radius 1 is 1.12 bits per heavy atom.